The van der Waals surface area contributed by atoms with E-state index in [1.165, 1.54) is 20.3 Å². The van der Waals surface area contributed by atoms with Gasteiger partial charge in [0.15, 0.2) is 11.6 Å². The second kappa shape index (κ2) is 13.1. The average molecular weight is 654 g/mol. The van der Waals surface area contributed by atoms with Crippen molar-refractivity contribution in [2.45, 2.75) is 24.9 Å². The number of anilines is 3. The lowest BCUT2D eigenvalue weighted by Crippen LogP contribution is -2.31. The van der Waals surface area contributed by atoms with Gasteiger partial charge in [0.1, 0.15) is 17.0 Å². The minimum absolute atomic E-state index is 0.00670. The summed E-state index contributed by atoms with van der Waals surface area (Å²) in [5.41, 5.74) is 2.59. The van der Waals surface area contributed by atoms with Crippen molar-refractivity contribution in [2.24, 2.45) is 13.0 Å². The number of ketones is 1. The van der Waals surface area contributed by atoms with Crippen molar-refractivity contribution in [3.8, 4) is 22.8 Å². The molecule has 0 aliphatic carbocycles. The van der Waals surface area contributed by atoms with E-state index < -0.39 is 0 Å². The average Bonchev–Trinajstić information content (AvgIpc) is 3.80. The van der Waals surface area contributed by atoms with E-state index in [1.807, 2.05) is 25.5 Å². The van der Waals surface area contributed by atoms with Gasteiger partial charge in [0.05, 0.1) is 60.5 Å². The second-order valence-corrected chi connectivity index (χ2v) is 11.9. The number of aryl methyl sites for hydroxylation is 1. The van der Waals surface area contributed by atoms with Crippen LogP contribution in [0.15, 0.2) is 43.4 Å². The monoisotopic (exact) mass is 652 g/mol. The van der Waals surface area contributed by atoms with Gasteiger partial charge in [-0.1, -0.05) is 29.8 Å². The van der Waals surface area contributed by atoms with Crippen molar-refractivity contribution in [1.29, 1.82) is 0 Å². The third-order valence-corrected chi connectivity index (χ3v) is 8.92. The van der Waals surface area contributed by atoms with Crippen LogP contribution in [0.4, 0.5) is 17.5 Å². The topological polar surface area (TPSA) is 129 Å². The van der Waals surface area contributed by atoms with Crippen LogP contribution < -0.4 is 25.0 Å². The predicted octanol–water partition coefficient (Wildman–Crippen LogP) is 5.01. The first-order valence-corrected chi connectivity index (χ1v) is 15.3. The molecule has 0 saturated carbocycles. The Hall–Kier alpha value is -4.13. The number of hydrogen-bond donors (Lipinski definition) is 2. The van der Waals surface area contributed by atoms with Crippen LogP contribution >= 0.6 is 23.2 Å². The maximum atomic E-state index is 12.4. The molecule has 2 aliphatic rings. The van der Waals surface area contributed by atoms with Gasteiger partial charge < -0.3 is 29.7 Å². The molecule has 2 N–H and O–H groups in total. The van der Waals surface area contributed by atoms with Crippen LogP contribution in [0.2, 0.25) is 10.0 Å². The number of ether oxygens (including phenoxy) is 3. The van der Waals surface area contributed by atoms with Crippen molar-refractivity contribution in [3.63, 3.8) is 0 Å². The number of halogens is 2. The smallest absolute Gasteiger partial charge is 0.223 e. The molecule has 5 heterocycles. The lowest BCUT2D eigenvalue weighted by Gasteiger charge is -2.20. The number of pyridine rings is 1. The van der Waals surface area contributed by atoms with E-state index in [9.17, 15) is 4.79 Å². The molecule has 2 fully saturated rings. The molecule has 2 saturated heterocycles. The number of rotatable bonds is 11. The van der Waals surface area contributed by atoms with Crippen LogP contribution in [-0.4, -0.2) is 83.1 Å². The number of carbonyl (C=O) groups excluding carboxylic acids is 1. The number of benzene rings is 1. The van der Waals surface area contributed by atoms with Gasteiger partial charge in [-0.25, -0.2) is 15.0 Å². The summed E-state index contributed by atoms with van der Waals surface area (Å²) in [5, 5.41) is 12.7. The van der Waals surface area contributed by atoms with Gasteiger partial charge in [-0.3, -0.25) is 9.48 Å². The number of hydrogen-bond acceptors (Lipinski definition) is 11. The molecule has 1 unspecified atom stereocenters. The highest BCUT2D eigenvalue weighted by molar-refractivity contribution is 6.41. The number of carbonyl (C=O) groups is 1. The normalized spacial score (nSPS) is 19.6. The maximum Gasteiger partial charge on any atom is 0.223 e. The van der Waals surface area contributed by atoms with Crippen LogP contribution in [0.25, 0.3) is 22.2 Å². The van der Waals surface area contributed by atoms with E-state index in [2.05, 4.69) is 32.2 Å². The predicted molar refractivity (Wildman–Crippen MR) is 175 cm³/mol. The Balaban J connectivity index is 1.38. The molecular formula is C31H34Cl2N8O4. The summed E-state index contributed by atoms with van der Waals surface area (Å²) in [6.07, 6.45) is 8.08. The molecule has 45 heavy (non-hydrogen) atoms. The van der Waals surface area contributed by atoms with E-state index >= 15 is 0 Å². The van der Waals surface area contributed by atoms with Crippen LogP contribution in [0.3, 0.4) is 0 Å². The van der Waals surface area contributed by atoms with Crippen LogP contribution in [-0.2, 0) is 16.6 Å². The number of aromatic nitrogens is 5. The third kappa shape index (κ3) is 6.35. The summed E-state index contributed by atoms with van der Waals surface area (Å²) in [6.45, 7) is 6.20. The van der Waals surface area contributed by atoms with E-state index in [0.717, 1.165) is 17.5 Å². The van der Waals surface area contributed by atoms with Crippen molar-refractivity contribution >= 4 is 57.3 Å². The Morgan fingerprint density at radius 2 is 1.91 bits per heavy atom. The summed E-state index contributed by atoms with van der Waals surface area (Å²) in [6, 6.07) is 3.43. The van der Waals surface area contributed by atoms with Crippen molar-refractivity contribution in [3.05, 3.63) is 53.4 Å². The molecule has 1 aromatic carbocycles. The molecule has 0 spiro atoms. The fourth-order valence-electron chi connectivity index (χ4n) is 5.82. The summed E-state index contributed by atoms with van der Waals surface area (Å²) >= 11 is 13.5. The van der Waals surface area contributed by atoms with E-state index in [0.29, 0.717) is 82.8 Å². The maximum absolute atomic E-state index is 12.4. The van der Waals surface area contributed by atoms with E-state index in [-0.39, 0.29) is 23.8 Å². The molecule has 4 aromatic rings. The van der Waals surface area contributed by atoms with Gasteiger partial charge in [-0.15, -0.1) is 0 Å². The first kappa shape index (κ1) is 30.9. The number of nitrogens with one attached hydrogen (secondary N) is 2. The summed E-state index contributed by atoms with van der Waals surface area (Å²) < 4.78 is 18.4. The molecular weight excluding hydrogens is 619 g/mol. The lowest BCUT2D eigenvalue weighted by molar-refractivity contribution is -0.115. The molecule has 0 bridgehead atoms. The molecule has 236 valence electrons. The molecule has 0 amide bonds. The highest BCUT2D eigenvalue weighted by atomic mass is 35.5. The molecule has 14 heteroatoms. The van der Waals surface area contributed by atoms with Gasteiger partial charge in [-0.05, 0) is 18.6 Å². The Morgan fingerprint density at radius 1 is 1.13 bits per heavy atom. The minimum Gasteiger partial charge on any atom is -0.495 e. The fraction of sp³-hybridized carbons (Fsp3) is 0.387. The number of allylic oxidation sites excluding steroid dienone is 1. The van der Waals surface area contributed by atoms with Crippen molar-refractivity contribution < 1.29 is 19.0 Å². The number of fused-ring (bicyclic) bond motifs is 1. The largest absolute Gasteiger partial charge is 0.495 e. The molecule has 6 rings (SSSR count). The Morgan fingerprint density at radius 3 is 2.56 bits per heavy atom. The van der Waals surface area contributed by atoms with Gasteiger partial charge in [0.25, 0.3) is 0 Å². The zero-order valence-corrected chi connectivity index (χ0v) is 26.7. The lowest BCUT2D eigenvalue weighted by atomic mass is 9.97. The van der Waals surface area contributed by atoms with Crippen LogP contribution in [0.5, 0.6) is 11.5 Å². The number of nitrogens with zero attached hydrogens (tertiary/aromatic N) is 6. The van der Waals surface area contributed by atoms with Crippen LogP contribution in [0.1, 0.15) is 12.8 Å². The van der Waals surface area contributed by atoms with Crippen molar-refractivity contribution in [1.82, 2.24) is 24.7 Å². The summed E-state index contributed by atoms with van der Waals surface area (Å²) in [7, 11) is 4.94. The number of methoxy groups -OCH3 is 2. The molecule has 0 radical (unpaired) electrons. The zero-order chi connectivity index (χ0) is 31.7. The Bertz CT molecular complexity index is 1710. The summed E-state index contributed by atoms with van der Waals surface area (Å²) in [5.74, 6) is 1.79. The highest BCUT2D eigenvalue weighted by Gasteiger charge is 2.35. The fourth-order valence-corrected chi connectivity index (χ4v) is 6.52. The SMILES string of the molecule is C=CC(=O)C[C@H]1CN(c2cnn(C)c2)C[C@H]1Nc1ncc2cc(-c3c(Cl)c(OC)cc(OC)c3Cl)nc(NC3CCOC3)c2n1. The third-order valence-electron chi connectivity index (χ3n) is 8.17. The molecule has 2 aliphatic heterocycles. The summed E-state index contributed by atoms with van der Waals surface area (Å²) in [4.78, 5) is 29.2. The van der Waals surface area contributed by atoms with Gasteiger partial charge in [0, 0.05) is 68.5 Å². The zero-order valence-electron chi connectivity index (χ0n) is 25.2. The first-order chi connectivity index (χ1) is 21.8. The van der Waals surface area contributed by atoms with Crippen molar-refractivity contribution in [2.75, 3.05) is 56.1 Å². The van der Waals surface area contributed by atoms with Crippen LogP contribution in [0, 0.1) is 5.92 Å². The Kier molecular flexibility index (Phi) is 8.97. The standard InChI is InChI=1S/C31H34Cl2N8O4/c1-5-21(42)8-18-13-41(20-12-35-40(2)14-20)15-23(18)38-31-34-11-17-9-22(26-27(32)24(43-3)10-25(44-4)28(26)33)37-30(29(17)39-31)36-19-6-7-45-16-19/h5,9-12,14,18-19,23H,1,6-8,13,15-16H2,2-4H3,(H,36,37)(H,34,38,39)/t18-,19?,23+/m0/s1. The van der Waals surface area contributed by atoms with E-state index in [1.54, 1.807) is 16.9 Å². The molecule has 12 nitrogen and oxygen atoms in total. The van der Waals surface area contributed by atoms with E-state index in [4.69, 9.17) is 47.4 Å². The van der Waals surface area contributed by atoms with Gasteiger partial charge >= 0.3 is 0 Å². The highest BCUT2D eigenvalue weighted by Crippen LogP contribution is 2.46. The minimum atomic E-state index is -0.0970. The first-order valence-electron chi connectivity index (χ1n) is 14.6. The molecule has 3 aromatic heterocycles. The quantitative estimate of drug-likeness (QED) is 0.212. The van der Waals surface area contributed by atoms with Gasteiger partial charge in [-0.2, -0.15) is 5.10 Å². The second-order valence-electron chi connectivity index (χ2n) is 11.1. The Labute approximate surface area is 270 Å². The van der Waals surface area contributed by atoms with Gasteiger partial charge in [0.2, 0.25) is 5.95 Å². The molecule has 3 atom stereocenters.